The van der Waals surface area contributed by atoms with E-state index in [1.807, 2.05) is 0 Å². The van der Waals surface area contributed by atoms with Gasteiger partial charge in [-0.3, -0.25) is 32.8 Å². The molecule has 6 rings (SSSR count). The molecule has 220 valence electrons. The average molecular weight is 595 g/mol. The second-order valence-corrected chi connectivity index (χ2v) is 11.1. The van der Waals surface area contributed by atoms with Crippen LogP contribution in [0.4, 0.5) is 5.95 Å². The Bertz CT molecular complexity index is 1640. The maximum Gasteiger partial charge on any atom is 0.472 e. The van der Waals surface area contributed by atoms with Gasteiger partial charge in [-0.15, -0.1) is 0 Å². The van der Waals surface area contributed by atoms with Gasteiger partial charge in [0.1, 0.15) is 30.5 Å². The summed E-state index contributed by atoms with van der Waals surface area (Å²) in [6, 6.07) is 0. The van der Waals surface area contributed by atoms with Gasteiger partial charge in [0.05, 0.1) is 38.1 Å². The van der Waals surface area contributed by atoms with Gasteiger partial charge < -0.3 is 35.3 Å². The number of rotatable bonds is 8. The minimum absolute atomic E-state index is 0.0325. The molecule has 0 bridgehead atoms. The Morgan fingerprint density at radius 2 is 1.44 bits per heavy atom. The first-order valence-electron chi connectivity index (χ1n) is 12.4. The highest BCUT2D eigenvalue weighted by atomic mass is 31.2. The number of nitrogens with zero attached hydrogens (tertiary/aromatic N) is 6. The zero-order valence-electron chi connectivity index (χ0n) is 21.4. The minimum Gasteiger partial charge on any atom is -0.390 e. The average Bonchev–Trinajstić information content (AvgIpc) is 3.67. The van der Waals surface area contributed by atoms with Crippen LogP contribution < -0.4 is 16.9 Å². The van der Waals surface area contributed by atoms with Gasteiger partial charge in [0.2, 0.25) is 5.95 Å². The largest absolute Gasteiger partial charge is 0.472 e. The van der Waals surface area contributed by atoms with Crippen LogP contribution in [0.25, 0.3) is 22.3 Å². The Labute approximate surface area is 228 Å². The molecule has 0 radical (unpaired) electrons. The van der Waals surface area contributed by atoms with Gasteiger partial charge in [-0.25, -0.2) is 19.5 Å². The second-order valence-electron chi connectivity index (χ2n) is 9.68. The second kappa shape index (κ2) is 10.4. The number of H-pyrrole nitrogens is 2. The number of nitrogen functional groups attached to an aromatic ring is 1. The Kier molecular flexibility index (Phi) is 6.99. The Morgan fingerprint density at radius 1 is 0.951 bits per heavy atom. The molecule has 2 aliphatic rings. The quantitative estimate of drug-likeness (QED) is 0.128. The Morgan fingerprint density at radius 3 is 1.98 bits per heavy atom. The Balaban J connectivity index is 1.05. The monoisotopic (exact) mass is 595 g/mol. The highest BCUT2D eigenvalue weighted by Crippen LogP contribution is 2.45. The van der Waals surface area contributed by atoms with Crippen LogP contribution in [-0.4, -0.2) is 91.8 Å². The lowest BCUT2D eigenvalue weighted by Gasteiger charge is -2.20. The van der Waals surface area contributed by atoms with Crippen molar-refractivity contribution in [3.63, 3.8) is 0 Å². The number of aliphatic hydroxyl groups is 2. The Hall–Kier alpha value is -3.55. The van der Waals surface area contributed by atoms with Crippen LogP contribution in [-0.2, 0) is 23.1 Å². The lowest BCUT2D eigenvalue weighted by Crippen LogP contribution is -2.28. The van der Waals surface area contributed by atoms with Crippen molar-refractivity contribution < 1.29 is 38.2 Å². The number of hydrogen-bond donors (Lipinski definition) is 6. The number of fused-ring (bicyclic) bond motifs is 2. The highest BCUT2D eigenvalue weighted by molar-refractivity contribution is 7.47. The van der Waals surface area contributed by atoms with Gasteiger partial charge in [0.25, 0.3) is 11.1 Å². The lowest BCUT2D eigenvalue weighted by atomic mass is 10.2. The van der Waals surface area contributed by atoms with Crippen LogP contribution >= 0.6 is 7.82 Å². The summed E-state index contributed by atoms with van der Waals surface area (Å²) in [5.74, 6) is 0.253. The number of imidazole rings is 2. The molecule has 2 aliphatic heterocycles. The topological polar surface area (TPSA) is 268 Å². The first kappa shape index (κ1) is 27.6. The number of phosphoric ester groups is 1. The molecule has 4 aromatic rings. The number of aryl methyl sites for hydroxylation is 1. The van der Waals surface area contributed by atoms with Crippen LogP contribution in [0.2, 0.25) is 0 Å². The lowest BCUT2D eigenvalue weighted by molar-refractivity contribution is -0.0559. The zero-order chi connectivity index (χ0) is 29.1. The van der Waals surface area contributed by atoms with Crippen molar-refractivity contribution in [2.75, 3.05) is 18.9 Å². The standard InChI is InChI=1S/C21H26N9O10P/c1-8-25-17-15(19(33)26-8)23-6-29(17)13-2-9(31)11(39-13)4-37-41(35,36)38-5-12-10(32)3-14(40-12)30-7-24-16-18(30)27-21(22)28-20(16)34/h6-7,9-14,31-32H,2-5H2,1H3,(H,35,36)(H,25,26,33)(H3,22,27,28,34)/t9-,10?,11-,12-,13-,14-/m1/s1. The first-order valence-corrected chi connectivity index (χ1v) is 13.9. The minimum atomic E-state index is -4.67. The number of nitrogens with one attached hydrogen (secondary N) is 2. The van der Waals surface area contributed by atoms with Gasteiger partial charge in [-0.2, -0.15) is 4.98 Å². The molecule has 0 amide bonds. The van der Waals surface area contributed by atoms with E-state index >= 15 is 0 Å². The van der Waals surface area contributed by atoms with Gasteiger partial charge in [-0.1, -0.05) is 0 Å². The molecule has 7 atom stereocenters. The molecule has 0 spiro atoms. The molecular formula is C21H26N9O10P. The van der Waals surface area contributed by atoms with E-state index in [0.717, 1.165) is 0 Å². The third kappa shape index (κ3) is 5.29. The summed E-state index contributed by atoms with van der Waals surface area (Å²) >= 11 is 0. The van der Waals surface area contributed by atoms with Crippen LogP contribution in [0.5, 0.6) is 0 Å². The van der Waals surface area contributed by atoms with Crippen LogP contribution in [0.3, 0.4) is 0 Å². The zero-order valence-corrected chi connectivity index (χ0v) is 22.2. The fourth-order valence-corrected chi connectivity index (χ4v) is 5.59. The number of hydrogen-bond acceptors (Lipinski definition) is 14. The van der Waals surface area contributed by atoms with Gasteiger partial charge >= 0.3 is 7.82 Å². The molecule has 6 heterocycles. The number of nitrogens with two attached hydrogens (primary N) is 1. The fraction of sp³-hybridized carbons (Fsp3) is 0.524. The summed E-state index contributed by atoms with van der Waals surface area (Å²) in [7, 11) is -4.67. The number of aliphatic hydroxyl groups excluding tert-OH is 2. The fourth-order valence-electron chi connectivity index (χ4n) is 4.84. The molecule has 2 unspecified atom stereocenters. The maximum absolute atomic E-state index is 12.6. The summed E-state index contributed by atoms with van der Waals surface area (Å²) in [6.45, 7) is 0.610. The summed E-state index contributed by atoms with van der Waals surface area (Å²) < 4.78 is 37.1. The van der Waals surface area contributed by atoms with E-state index in [1.54, 1.807) is 6.92 Å². The van der Waals surface area contributed by atoms with Crippen molar-refractivity contribution >= 4 is 36.1 Å². The molecule has 41 heavy (non-hydrogen) atoms. The smallest absolute Gasteiger partial charge is 0.390 e. The van der Waals surface area contributed by atoms with Gasteiger partial charge in [0.15, 0.2) is 22.3 Å². The van der Waals surface area contributed by atoms with E-state index in [1.165, 1.54) is 21.8 Å². The third-order valence-electron chi connectivity index (χ3n) is 6.83. The number of ether oxygens (including phenoxy) is 2. The van der Waals surface area contributed by atoms with Crippen LogP contribution in [0, 0.1) is 6.92 Å². The molecule has 19 nitrogen and oxygen atoms in total. The molecule has 2 saturated heterocycles. The molecule has 7 N–H and O–H groups in total. The number of aromatic amines is 2. The molecule has 4 aromatic heterocycles. The number of aromatic nitrogens is 8. The highest BCUT2D eigenvalue weighted by Gasteiger charge is 2.40. The van der Waals surface area contributed by atoms with E-state index in [2.05, 4.69) is 29.9 Å². The van der Waals surface area contributed by atoms with E-state index < -0.39 is 69.0 Å². The van der Waals surface area contributed by atoms with Crippen molar-refractivity contribution in [1.29, 1.82) is 0 Å². The normalized spacial score (nSPS) is 28.1. The predicted octanol–water partition coefficient (Wildman–Crippen LogP) is -1.43. The van der Waals surface area contributed by atoms with E-state index in [-0.39, 0.29) is 41.1 Å². The predicted molar refractivity (Wildman–Crippen MR) is 136 cm³/mol. The van der Waals surface area contributed by atoms with Crippen LogP contribution in [0.1, 0.15) is 31.1 Å². The van der Waals surface area contributed by atoms with Crippen LogP contribution in [0.15, 0.2) is 22.2 Å². The summed E-state index contributed by atoms with van der Waals surface area (Å²) in [4.78, 5) is 55.6. The molecule has 0 aromatic carbocycles. The molecule has 0 saturated carbocycles. The van der Waals surface area contributed by atoms with Crippen molar-refractivity contribution in [1.82, 2.24) is 39.0 Å². The maximum atomic E-state index is 12.6. The summed E-state index contributed by atoms with van der Waals surface area (Å²) in [6.07, 6.45) is -2.92. The van der Waals surface area contributed by atoms with Crippen molar-refractivity contribution in [2.24, 2.45) is 0 Å². The SMILES string of the molecule is Cc1nc2c(ncn2[C@H]2C[C@@H](O)[C@@H](COP(=O)(O)OC[C@H]3O[C@@H](n4cnc5c(=O)[nH]c(N)nc54)CC3O)O2)c(=O)[nH]1. The molecule has 20 heteroatoms. The van der Waals surface area contributed by atoms with E-state index in [0.29, 0.717) is 5.82 Å². The molecular weight excluding hydrogens is 569 g/mol. The van der Waals surface area contributed by atoms with Crippen molar-refractivity contribution in [3.8, 4) is 0 Å². The van der Waals surface area contributed by atoms with Crippen molar-refractivity contribution in [3.05, 3.63) is 39.2 Å². The van der Waals surface area contributed by atoms with E-state index in [4.69, 9.17) is 24.3 Å². The summed E-state index contributed by atoms with van der Waals surface area (Å²) in [5.41, 5.74) is 5.22. The number of anilines is 1. The third-order valence-corrected chi connectivity index (χ3v) is 7.78. The molecule has 0 aliphatic carbocycles. The van der Waals surface area contributed by atoms with Gasteiger partial charge in [-0.05, 0) is 6.92 Å². The molecule has 2 fully saturated rings. The first-order chi connectivity index (χ1) is 19.5. The van der Waals surface area contributed by atoms with Crippen molar-refractivity contribution in [2.45, 2.75) is 56.6 Å². The summed E-state index contributed by atoms with van der Waals surface area (Å²) in [5, 5.41) is 20.9. The number of phosphoric acid groups is 1. The van der Waals surface area contributed by atoms with Gasteiger partial charge in [0, 0.05) is 12.8 Å². The van der Waals surface area contributed by atoms with E-state index in [9.17, 15) is 29.3 Å².